The molecule has 2 N–H and O–H groups in total. The minimum Gasteiger partial charge on any atom is -0.368 e. The van der Waals surface area contributed by atoms with Crippen LogP contribution in [-0.2, 0) is 21.2 Å². The van der Waals surface area contributed by atoms with Crippen molar-refractivity contribution in [2.75, 3.05) is 7.05 Å². The number of carbonyl (C=O) groups is 1. The van der Waals surface area contributed by atoms with Crippen molar-refractivity contribution in [3.63, 3.8) is 0 Å². The van der Waals surface area contributed by atoms with E-state index in [1.165, 1.54) is 7.05 Å². The third-order valence-corrected chi connectivity index (χ3v) is 4.78. The molecular weight excluding hydrogens is 228 g/mol. The van der Waals surface area contributed by atoms with Crippen LogP contribution in [0.25, 0.3) is 0 Å². The molecule has 0 aromatic heterocycles. The van der Waals surface area contributed by atoms with E-state index in [2.05, 4.69) is 0 Å². The zero-order valence-electron chi connectivity index (χ0n) is 8.75. The SMILES string of the molecule is CN1C(C(N)=O)Cc2ccccc2S1(=O)=O. The normalized spacial score (nSPS) is 23.7. The Morgan fingerprint density at radius 3 is 2.69 bits per heavy atom. The first kappa shape index (κ1) is 11.1. The molecule has 1 aliphatic rings. The van der Waals surface area contributed by atoms with Gasteiger partial charge < -0.3 is 5.73 Å². The zero-order valence-corrected chi connectivity index (χ0v) is 9.57. The lowest BCUT2D eigenvalue weighted by Crippen LogP contribution is -2.49. The first-order valence-electron chi connectivity index (χ1n) is 4.80. The number of carbonyl (C=O) groups excluding carboxylic acids is 1. The molecule has 1 amide bonds. The van der Waals surface area contributed by atoms with E-state index >= 15 is 0 Å². The minimum atomic E-state index is -3.58. The highest BCUT2D eigenvalue weighted by molar-refractivity contribution is 7.89. The molecule has 86 valence electrons. The molecule has 1 aromatic carbocycles. The van der Waals surface area contributed by atoms with Gasteiger partial charge in [-0.15, -0.1) is 0 Å². The quantitative estimate of drug-likeness (QED) is 0.733. The summed E-state index contributed by atoms with van der Waals surface area (Å²) in [6.07, 6.45) is 0.335. The molecule has 1 aliphatic heterocycles. The Balaban J connectivity index is 2.61. The van der Waals surface area contributed by atoms with Crippen LogP contribution in [0, 0.1) is 0 Å². The summed E-state index contributed by atoms with van der Waals surface area (Å²) < 4.78 is 25.1. The lowest BCUT2D eigenvalue weighted by molar-refractivity contribution is -0.121. The Morgan fingerprint density at radius 2 is 2.06 bits per heavy atom. The molecule has 0 bridgehead atoms. The zero-order chi connectivity index (χ0) is 11.9. The maximum absolute atomic E-state index is 12.0. The van der Waals surface area contributed by atoms with Crippen molar-refractivity contribution < 1.29 is 13.2 Å². The third kappa shape index (κ3) is 1.50. The molecule has 0 saturated carbocycles. The third-order valence-electron chi connectivity index (χ3n) is 2.81. The average molecular weight is 240 g/mol. The summed E-state index contributed by atoms with van der Waals surface area (Å²) in [5, 5.41) is 0. The molecular formula is C10H12N2O3S. The molecule has 2 rings (SSSR count). The monoisotopic (exact) mass is 240 g/mol. The molecule has 16 heavy (non-hydrogen) atoms. The lowest BCUT2D eigenvalue weighted by Gasteiger charge is -2.31. The number of sulfonamides is 1. The minimum absolute atomic E-state index is 0.259. The number of nitrogens with two attached hydrogens (primary N) is 1. The highest BCUT2D eigenvalue weighted by Gasteiger charge is 2.37. The maximum Gasteiger partial charge on any atom is 0.243 e. The van der Waals surface area contributed by atoms with Gasteiger partial charge in [0.15, 0.2) is 0 Å². The number of likely N-dealkylation sites (N-methyl/N-ethyl adjacent to an activating group) is 1. The van der Waals surface area contributed by atoms with Gasteiger partial charge in [-0.25, -0.2) is 8.42 Å². The average Bonchev–Trinajstić information content (AvgIpc) is 2.23. The second-order valence-corrected chi connectivity index (χ2v) is 5.72. The summed E-state index contributed by atoms with van der Waals surface area (Å²) in [7, 11) is -2.21. The fourth-order valence-electron chi connectivity index (χ4n) is 1.86. The number of amides is 1. The number of primary amides is 1. The number of rotatable bonds is 1. The van der Waals surface area contributed by atoms with E-state index in [0.717, 1.165) is 4.31 Å². The predicted molar refractivity (Wildman–Crippen MR) is 58.1 cm³/mol. The van der Waals surface area contributed by atoms with Crippen molar-refractivity contribution in [3.05, 3.63) is 29.8 Å². The Morgan fingerprint density at radius 1 is 1.44 bits per heavy atom. The first-order chi connectivity index (χ1) is 7.44. The molecule has 1 unspecified atom stereocenters. The maximum atomic E-state index is 12.0. The van der Waals surface area contributed by atoms with Gasteiger partial charge in [-0.3, -0.25) is 4.79 Å². The standard InChI is InChI=1S/C10H12N2O3S/c1-12-8(10(11)13)6-7-4-2-3-5-9(7)16(12,14)15/h2-5,8H,6H2,1H3,(H2,11,13). The van der Waals surface area contributed by atoms with E-state index in [4.69, 9.17) is 5.73 Å². The highest BCUT2D eigenvalue weighted by atomic mass is 32.2. The largest absolute Gasteiger partial charge is 0.368 e. The Labute approximate surface area is 93.9 Å². The molecule has 1 atom stereocenters. The summed E-state index contributed by atoms with van der Waals surface area (Å²) in [6, 6.07) is 5.86. The van der Waals surface area contributed by atoms with E-state index in [0.29, 0.717) is 12.0 Å². The van der Waals surface area contributed by atoms with Crippen molar-refractivity contribution in [1.82, 2.24) is 4.31 Å². The Kier molecular flexibility index (Phi) is 2.47. The van der Waals surface area contributed by atoms with Gasteiger partial charge in [-0.05, 0) is 18.1 Å². The number of hydrogen-bond acceptors (Lipinski definition) is 3. The van der Waals surface area contributed by atoms with Gasteiger partial charge in [0, 0.05) is 7.05 Å². The van der Waals surface area contributed by atoms with Gasteiger partial charge in [-0.1, -0.05) is 18.2 Å². The summed E-state index contributed by atoms with van der Waals surface area (Å²) in [5.41, 5.74) is 5.83. The van der Waals surface area contributed by atoms with Crippen LogP contribution in [0.4, 0.5) is 0 Å². The first-order valence-corrected chi connectivity index (χ1v) is 6.24. The second-order valence-electron chi connectivity index (χ2n) is 3.75. The highest BCUT2D eigenvalue weighted by Crippen LogP contribution is 2.28. The molecule has 1 aromatic rings. The van der Waals surface area contributed by atoms with Crippen LogP contribution in [0.3, 0.4) is 0 Å². The van der Waals surface area contributed by atoms with E-state index in [-0.39, 0.29) is 4.90 Å². The molecule has 5 nitrogen and oxygen atoms in total. The summed E-state index contributed by atoms with van der Waals surface area (Å²) in [4.78, 5) is 11.4. The molecule has 0 aliphatic carbocycles. The van der Waals surface area contributed by atoms with E-state index in [1.807, 2.05) is 0 Å². The van der Waals surface area contributed by atoms with Gasteiger partial charge >= 0.3 is 0 Å². The predicted octanol–water partition coefficient (Wildman–Crippen LogP) is -0.283. The van der Waals surface area contributed by atoms with E-state index in [9.17, 15) is 13.2 Å². The van der Waals surface area contributed by atoms with Gasteiger partial charge in [0.1, 0.15) is 6.04 Å². The molecule has 0 spiro atoms. The molecule has 0 radical (unpaired) electrons. The molecule has 1 heterocycles. The summed E-state index contributed by atoms with van der Waals surface area (Å²) in [6.45, 7) is 0. The van der Waals surface area contributed by atoms with Gasteiger partial charge in [0.2, 0.25) is 15.9 Å². The van der Waals surface area contributed by atoms with Crippen LogP contribution in [0.15, 0.2) is 29.2 Å². The van der Waals surface area contributed by atoms with Gasteiger partial charge in [0.05, 0.1) is 4.90 Å². The molecule has 0 saturated heterocycles. The van der Waals surface area contributed by atoms with Crippen LogP contribution in [0.1, 0.15) is 5.56 Å². The van der Waals surface area contributed by atoms with Crippen LogP contribution in [0.2, 0.25) is 0 Å². The number of nitrogens with zero attached hydrogens (tertiary/aromatic N) is 1. The van der Waals surface area contributed by atoms with Gasteiger partial charge in [-0.2, -0.15) is 4.31 Å². The second kappa shape index (κ2) is 3.57. The fourth-order valence-corrected chi connectivity index (χ4v) is 3.42. The van der Waals surface area contributed by atoms with Crippen LogP contribution >= 0.6 is 0 Å². The number of fused-ring (bicyclic) bond motifs is 1. The van der Waals surface area contributed by atoms with Crippen LogP contribution < -0.4 is 5.73 Å². The summed E-state index contributed by atoms with van der Waals surface area (Å²) in [5.74, 6) is -0.624. The van der Waals surface area contributed by atoms with Crippen LogP contribution in [-0.4, -0.2) is 31.7 Å². The summed E-state index contributed by atoms with van der Waals surface area (Å²) >= 11 is 0. The van der Waals surface area contributed by atoms with Crippen molar-refractivity contribution in [1.29, 1.82) is 0 Å². The Hall–Kier alpha value is -1.40. The number of hydrogen-bond donors (Lipinski definition) is 1. The smallest absolute Gasteiger partial charge is 0.243 e. The Bertz CT molecular complexity index is 539. The number of benzene rings is 1. The lowest BCUT2D eigenvalue weighted by atomic mass is 10.1. The van der Waals surface area contributed by atoms with Crippen molar-refractivity contribution in [2.24, 2.45) is 5.73 Å². The fraction of sp³-hybridized carbons (Fsp3) is 0.300. The van der Waals surface area contributed by atoms with Crippen molar-refractivity contribution >= 4 is 15.9 Å². The topological polar surface area (TPSA) is 80.5 Å². The molecule has 6 heteroatoms. The van der Waals surface area contributed by atoms with E-state index < -0.39 is 22.0 Å². The van der Waals surface area contributed by atoms with E-state index in [1.54, 1.807) is 24.3 Å². The van der Waals surface area contributed by atoms with Crippen molar-refractivity contribution in [2.45, 2.75) is 17.4 Å². The molecule has 0 fully saturated rings. The van der Waals surface area contributed by atoms with Crippen molar-refractivity contribution in [3.8, 4) is 0 Å². The van der Waals surface area contributed by atoms with Gasteiger partial charge in [0.25, 0.3) is 0 Å². The van der Waals surface area contributed by atoms with Crippen LogP contribution in [0.5, 0.6) is 0 Å².